The predicted molar refractivity (Wildman–Crippen MR) is 105 cm³/mol. The monoisotopic (exact) mass is 377 g/mol. The highest BCUT2D eigenvalue weighted by atomic mass is 16.3. The van der Waals surface area contributed by atoms with E-state index < -0.39 is 0 Å². The van der Waals surface area contributed by atoms with Gasteiger partial charge in [0, 0.05) is 26.2 Å². The van der Waals surface area contributed by atoms with Gasteiger partial charge in [0.05, 0.1) is 16.7 Å². The summed E-state index contributed by atoms with van der Waals surface area (Å²) in [5.74, 6) is -0.107. The number of rotatable bonds is 4. The lowest BCUT2D eigenvalue weighted by Crippen LogP contribution is -2.23. The number of benzene rings is 2. The molecule has 8 nitrogen and oxygen atoms in total. The van der Waals surface area contributed by atoms with Gasteiger partial charge in [-0.1, -0.05) is 6.07 Å². The van der Waals surface area contributed by atoms with Gasteiger partial charge < -0.3 is 10.4 Å². The van der Waals surface area contributed by atoms with Gasteiger partial charge in [-0.15, -0.1) is 0 Å². The Labute approximate surface area is 160 Å². The van der Waals surface area contributed by atoms with Crippen molar-refractivity contribution in [3.8, 4) is 17.0 Å². The summed E-state index contributed by atoms with van der Waals surface area (Å²) >= 11 is 0. The van der Waals surface area contributed by atoms with Crippen LogP contribution in [0.3, 0.4) is 0 Å². The van der Waals surface area contributed by atoms with Crippen molar-refractivity contribution >= 4 is 16.9 Å². The first kappa shape index (κ1) is 17.6. The van der Waals surface area contributed by atoms with E-state index in [1.807, 2.05) is 18.2 Å². The van der Waals surface area contributed by atoms with Crippen LogP contribution >= 0.6 is 0 Å². The van der Waals surface area contributed by atoms with Crippen LogP contribution in [-0.2, 0) is 20.6 Å². The molecule has 0 radical (unpaired) electrons. The number of hydrogen-bond acceptors (Lipinski definition) is 4. The summed E-state index contributed by atoms with van der Waals surface area (Å²) in [5.41, 5.74) is 4.21. The number of hydrogen-bond donors (Lipinski definition) is 3. The minimum atomic E-state index is -0.278. The molecular formula is C20H19N5O3. The van der Waals surface area contributed by atoms with Gasteiger partial charge in [0.15, 0.2) is 0 Å². The van der Waals surface area contributed by atoms with Crippen LogP contribution in [0.4, 0.5) is 0 Å². The number of aromatic nitrogens is 4. The maximum absolute atomic E-state index is 12.4. The molecule has 0 aliphatic heterocycles. The van der Waals surface area contributed by atoms with Gasteiger partial charge in [0.1, 0.15) is 11.4 Å². The van der Waals surface area contributed by atoms with Gasteiger partial charge in [-0.2, -0.15) is 5.10 Å². The highest BCUT2D eigenvalue weighted by molar-refractivity contribution is 5.93. The number of imidazole rings is 1. The molecule has 2 heterocycles. The van der Waals surface area contributed by atoms with Gasteiger partial charge in [-0.05, 0) is 48.0 Å². The SMILES string of the molecule is Cn1c(=O)n(C)c2cc(CNC(=O)c3cc(-c4ccc(O)cc4)n[nH]3)ccc21. The number of aryl methyl sites for hydroxylation is 2. The molecule has 2 aromatic carbocycles. The molecule has 4 aromatic rings. The van der Waals surface area contributed by atoms with Gasteiger partial charge >= 0.3 is 5.69 Å². The second kappa shape index (κ2) is 6.73. The number of nitrogens with zero attached hydrogens (tertiary/aromatic N) is 3. The third-order valence-corrected chi connectivity index (χ3v) is 4.78. The van der Waals surface area contributed by atoms with E-state index in [0.29, 0.717) is 17.9 Å². The maximum Gasteiger partial charge on any atom is 0.328 e. The lowest BCUT2D eigenvalue weighted by molar-refractivity contribution is 0.0946. The summed E-state index contributed by atoms with van der Waals surface area (Å²) in [5, 5.41) is 19.1. The molecule has 8 heteroatoms. The molecule has 4 rings (SSSR count). The minimum absolute atomic E-state index is 0.0876. The zero-order valence-electron chi connectivity index (χ0n) is 15.4. The second-order valence-corrected chi connectivity index (χ2v) is 6.62. The number of carbonyl (C=O) groups is 1. The number of phenolic OH excluding ortho intramolecular Hbond substituents is 1. The first-order chi connectivity index (χ1) is 13.4. The number of aromatic amines is 1. The Morgan fingerprint density at radius 1 is 1.07 bits per heavy atom. The first-order valence-electron chi connectivity index (χ1n) is 8.71. The average Bonchev–Trinajstić information content (AvgIpc) is 3.27. The number of fused-ring (bicyclic) bond motifs is 1. The van der Waals surface area contributed by atoms with E-state index in [1.54, 1.807) is 53.6 Å². The van der Waals surface area contributed by atoms with E-state index in [0.717, 1.165) is 22.2 Å². The molecule has 0 bridgehead atoms. The fraction of sp³-hybridized carbons (Fsp3) is 0.150. The number of H-pyrrole nitrogens is 1. The Morgan fingerprint density at radius 3 is 2.54 bits per heavy atom. The molecule has 3 N–H and O–H groups in total. The van der Waals surface area contributed by atoms with Crippen LogP contribution in [0, 0.1) is 0 Å². The van der Waals surface area contributed by atoms with Gasteiger partial charge in [-0.3, -0.25) is 19.0 Å². The Balaban J connectivity index is 1.49. The number of amides is 1. The van der Waals surface area contributed by atoms with E-state index in [-0.39, 0.29) is 17.3 Å². The van der Waals surface area contributed by atoms with Crippen LogP contribution in [0.1, 0.15) is 16.1 Å². The Bertz CT molecular complexity index is 1230. The highest BCUT2D eigenvalue weighted by Crippen LogP contribution is 2.20. The number of nitrogens with one attached hydrogen (secondary N) is 2. The molecule has 0 saturated heterocycles. The van der Waals surface area contributed by atoms with Crippen LogP contribution < -0.4 is 11.0 Å². The molecule has 1 amide bonds. The first-order valence-corrected chi connectivity index (χ1v) is 8.71. The Kier molecular flexibility index (Phi) is 4.23. The lowest BCUT2D eigenvalue weighted by Gasteiger charge is -2.05. The molecular weight excluding hydrogens is 358 g/mol. The quantitative estimate of drug-likeness (QED) is 0.505. The zero-order valence-corrected chi connectivity index (χ0v) is 15.4. The molecule has 0 unspecified atom stereocenters. The van der Waals surface area contributed by atoms with Crippen LogP contribution in [0.5, 0.6) is 5.75 Å². The van der Waals surface area contributed by atoms with E-state index in [9.17, 15) is 14.7 Å². The van der Waals surface area contributed by atoms with Crippen molar-refractivity contribution < 1.29 is 9.90 Å². The lowest BCUT2D eigenvalue weighted by atomic mass is 10.1. The average molecular weight is 377 g/mol. The summed E-state index contributed by atoms with van der Waals surface area (Å²) in [4.78, 5) is 24.4. The zero-order chi connectivity index (χ0) is 19.8. The topological polar surface area (TPSA) is 105 Å². The summed E-state index contributed by atoms with van der Waals surface area (Å²) in [6.07, 6.45) is 0. The Hall–Kier alpha value is -3.81. The smallest absolute Gasteiger partial charge is 0.328 e. The standard InChI is InChI=1S/C20H19N5O3/c1-24-17-8-3-12(9-18(17)25(2)20(24)28)11-21-19(27)16-10-15(22-23-16)13-4-6-14(26)7-5-13/h3-10,26H,11H2,1-2H3,(H,21,27)(H,22,23). The second-order valence-electron chi connectivity index (χ2n) is 6.62. The van der Waals surface area contributed by atoms with Crippen molar-refractivity contribution in [1.29, 1.82) is 0 Å². The van der Waals surface area contributed by atoms with E-state index in [4.69, 9.17) is 0 Å². The summed E-state index contributed by atoms with van der Waals surface area (Å²) in [6.45, 7) is 0.325. The van der Waals surface area contributed by atoms with Gasteiger partial charge in [0.25, 0.3) is 5.91 Å². The van der Waals surface area contributed by atoms with Gasteiger partial charge in [-0.25, -0.2) is 4.79 Å². The van der Waals surface area contributed by atoms with Crippen molar-refractivity contribution in [2.24, 2.45) is 14.1 Å². The molecule has 0 spiro atoms. The number of phenols is 1. The molecule has 142 valence electrons. The minimum Gasteiger partial charge on any atom is -0.508 e. The molecule has 0 saturated carbocycles. The molecule has 28 heavy (non-hydrogen) atoms. The van der Waals surface area contributed by atoms with E-state index in [2.05, 4.69) is 15.5 Å². The molecule has 0 aliphatic rings. The van der Waals surface area contributed by atoms with Crippen molar-refractivity contribution in [2.45, 2.75) is 6.54 Å². The normalized spacial score (nSPS) is 11.1. The maximum atomic E-state index is 12.4. The number of carbonyl (C=O) groups excluding carboxylic acids is 1. The van der Waals surface area contributed by atoms with Crippen molar-refractivity contribution in [2.75, 3.05) is 0 Å². The van der Waals surface area contributed by atoms with E-state index >= 15 is 0 Å². The molecule has 2 aromatic heterocycles. The summed E-state index contributed by atoms with van der Waals surface area (Å²) < 4.78 is 3.17. The fourth-order valence-corrected chi connectivity index (χ4v) is 3.16. The third-order valence-electron chi connectivity index (χ3n) is 4.78. The van der Waals surface area contributed by atoms with Crippen LogP contribution in [0.2, 0.25) is 0 Å². The molecule has 0 fully saturated rings. The van der Waals surface area contributed by atoms with Gasteiger partial charge in [0.2, 0.25) is 0 Å². The van der Waals surface area contributed by atoms with Crippen LogP contribution in [0.15, 0.2) is 53.3 Å². The fourth-order valence-electron chi connectivity index (χ4n) is 3.16. The van der Waals surface area contributed by atoms with Crippen LogP contribution in [-0.4, -0.2) is 30.3 Å². The van der Waals surface area contributed by atoms with E-state index in [1.165, 1.54) is 0 Å². The summed E-state index contributed by atoms with van der Waals surface area (Å²) in [7, 11) is 3.46. The number of aromatic hydroxyl groups is 1. The van der Waals surface area contributed by atoms with Crippen molar-refractivity contribution in [3.63, 3.8) is 0 Å². The molecule has 0 atom stereocenters. The van der Waals surface area contributed by atoms with Crippen LogP contribution in [0.25, 0.3) is 22.3 Å². The largest absolute Gasteiger partial charge is 0.508 e. The molecule has 0 aliphatic carbocycles. The highest BCUT2D eigenvalue weighted by Gasteiger charge is 2.12. The Morgan fingerprint density at radius 2 is 1.79 bits per heavy atom. The third kappa shape index (κ3) is 3.05. The van der Waals surface area contributed by atoms with Crippen molar-refractivity contribution in [3.05, 3.63) is 70.3 Å². The van der Waals surface area contributed by atoms with Crippen molar-refractivity contribution in [1.82, 2.24) is 24.6 Å². The predicted octanol–water partition coefficient (Wildman–Crippen LogP) is 1.90. The summed E-state index contributed by atoms with van der Waals surface area (Å²) in [6, 6.07) is 13.9.